The minimum Gasteiger partial charge on any atom is -0.394 e. The van der Waals surface area contributed by atoms with Gasteiger partial charge in [0.25, 0.3) is 0 Å². The number of nitrogens with one attached hydrogen (secondary N) is 1. The highest BCUT2D eigenvalue weighted by atomic mass is 16.7. The molecule has 1 amide bonds. The van der Waals surface area contributed by atoms with Crippen molar-refractivity contribution in [3.05, 3.63) is 24.3 Å². The van der Waals surface area contributed by atoms with Crippen molar-refractivity contribution >= 4 is 5.91 Å². The van der Waals surface area contributed by atoms with E-state index in [1.807, 2.05) is 6.08 Å². The van der Waals surface area contributed by atoms with Crippen molar-refractivity contribution in [3.8, 4) is 0 Å². The first-order chi connectivity index (χ1) is 13.8. The van der Waals surface area contributed by atoms with Gasteiger partial charge in [0, 0.05) is 6.92 Å². The van der Waals surface area contributed by atoms with Crippen LogP contribution in [0.15, 0.2) is 24.3 Å². The average molecular weight is 417 g/mol. The van der Waals surface area contributed by atoms with E-state index < -0.39 is 49.5 Å². The number of amides is 1. The maximum Gasteiger partial charge on any atom is 0.217 e. The third-order valence-corrected chi connectivity index (χ3v) is 4.54. The Bertz CT molecular complexity index is 525. The van der Waals surface area contributed by atoms with Crippen LogP contribution in [0.5, 0.6) is 0 Å². The Morgan fingerprint density at radius 2 is 1.76 bits per heavy atom. The Hall–Kier alpha value is -1.33. The van der Waals surface area contributed by atoms with Crippen LogP contribution in [0.25, 0.3) is 0 Å². The second-order valence-electron chi connectivity index (χ2n) is 7.09. The number of rotatable bonds is 12. The molecule has 1 heterocycles. The maximum atomic E-state index is 11.4. The van der Waals surface area contributed by atoms with Gasteiger partial charge in [-0.2, -0.15) is 0 Å². The monoisotopic (exact) mass is 417 g/mol. The lowest BCUT2D eigenvalue weighted by Gasteiger charge is -2.40. The van der Waals surface area contributed by atoms with E-state index in [0.29, 0.717) is 0 Å². The topological polar surface area (TPSA) is 149 Å². The highest BCUT2D eigenvalue weighted by molar-refractivity contribution is 5.73. The highest BCUT2D eigenvalue weighted by Crippen LogP contribution is 2.22. The number of aliphatic hydroxyl groups excluding tert-OH is 5. The molecule has 168 valence electrons. The molecule has 0 aromatic heterocycles. The smallest absolute Gasteiger partial charge is 0.217 e. The van der Waals surface area contributed by atoms with Gasteiger partial charge in [0.2, 0.25) is 5.91 Å². The van der Waals surface area contributed by atoms with Crippen molar-refractivity contribution < 1.29 is 39.8 Å². The zero-order chi connectivity index (χ0) is 21.8. The van der Waals surface area contributed by atoms with E-state index in [1.54, 1.807) is 6.08 Å². The Kier molecular flexibility index (Phi) is 12.2. The van der Waals surface area contributed by atoms with Crippen molar-refractivity contribution in [2.45, 2.75) is 82.4 Å². The zero-order valence-corrected chi connectivity index (χ0v) is 17.1. The summed E-state index contributed by atoms with van der Waals surface area (Å²) in [6.45, 7) is 2.62. The standard InChI is InChI=1S/C20H35NO8/c1-3-4-5-6-7-8-9-10-15(24)14(21-13(2)23)12-28-20-19(27)18(26)17(25)16(11-22)29-20/h5-6,9-10,14-20,22,24-27H,3-4,7-8,11-12H2,1-2H3,(H,21,23)/b6-5+,10-9+. The molecule has 0 aromatic rings. The van der Waals surface area contributed by atoms with Gasteiger partial charge in [-0.3, -0.25) is 4.79 Å². The molecule has 0 spiro atoms. The van der Waals surface area contributed by atoms with Crippen molar-refractivity contribution in [1.82, 2.24) is 5.32 Å². The SMILES string of the molecule is CCC/C=C/CC/C=C/C(O)C(COC1OC(CO)C(O)C(O)C1O)NC(C)=O. The van der Waals surface area contributed by atoms with Gasteiger partial charge in [-0.1, -0.05) is 37.6 Å². The number of ether oxygens (including phenoxy) is 2. The van der Waals surface area contributed by atoms with E-state index in [9.17, 15) is 30.3 Å². The van der Waals surface area contributed by atoms with Crippen LogP contribution >= 0.6 is 0 Å². The molecule has 7 unspecified atom stereocenters. The molecule has 9 nitrogen and oxygen atoms in total. The number of allylic oxidation sites excluding steroid dienone is 3. The molecule has 1 fully saturated rings. The molecule has 1 aliphatic heterocycles. The van der Waals surface area contributed by atoms with Crippen molar-refractivity contribution in [2.24, 2.45) is 0 Å². The normalized spacial score (nSPS) is 30.0. The van der Waals surface area contributed by atoms with Crippen LogP contribution in [-0.4, -0.2) is 87.5 Å². The van der Waals surface area contributed by atoms with Gasteiger partial charge in [-0.15, -0.1) is 0 Å². The summed E-state index contributed by atoms with van der Waals surface area (Å²) in [6, 6.07) is -0.813. The van der Waals surface area contributed by atoms with Crippen LogP contribution in [0.2, 0.25) is 0 Å². The molecule has 0 saturated carbocycles. The molecule has 0 radical (unpaired) electrons. The van der Waals surface area contributed by atoms with Crippen LogP contribution in [0.1, 0.15) is 39.5 Å². The summed E-state index contributed by atoms with van der Waals surface area (Å²) in [5.74, 6) is -0.373. The molecule has 1 saturated heterocycles. The van der Waals surface area contributed by atoms with Crippen LogP contribution < -0.4 is 5.32 Å². The Labute approximate surface area is 171 Å². The van der Waals surface area contributed by atoms with Gasteiger partial charge >= 0.3 is 0 Å². The van der Waals surface area contributed by atoms with Gasteiger partial charge in [-0.05, 0) is 19.3 Å². The van der Waals surface area contributed by atoms with E-state index >= 15 is 0 Å². The number of unbranched alkanes of at least 4 members (excludes halogenated alkanes) is 2. The summed E-state index contributed by atoms with van der Waals surface area (Å²) < 4.78 is 10.7. The Balaban J connectivity index is 2.60. The molecular formula is C20H35NO8. The van der Waals surface area contributed by atoms with Gasteiger partial charge < -0.3 is 40.3 Å². The first-order valence-electron chi connectivity index (χ1n) is 10.0. The highest BCUT2D eigenvalue weighted by Gasteiger charge is 2.44. The lowest BCUT2D eigenvalue weighted by atomic mass is 9.99. The maximum absolute atomic E-state index is 11.4. The minimum atomic E-state index is -1.56. The van der Waals surface area contributed by atoms with Crippen molar-refractivity contribution in [3.63, 3.8) is 0 Å². The third-order valence-electron chi connectivity index (χ3n) is 4.54. The predicted octanol–water partition coefficient (Wildman–Crippen LogP) is -0.639. The fraction of sp³-hybridized carbons (Fsp3) is 0.750. The largest absolute Gasteiger partial charge is 0.394 e. The fourth-order valence-electron chi connectivity index (χ4n) is 2.85. The summed E-state index contributed by atoms with van der Waals surface area (Å²) in [5.41, 5.74) is 0. The van der Waals surface area contributed by atoms with Gasteiger partial charge in [0.05, 0.1) is 25.4 Å². The number of hydrogen-bond donors (Lipinski definition) is 6. The van der Waals surface area contributed by atoms with E-state index in [0.717, 1.165) is 25.7 Å². The molecule has 7 atom stereocenters. The first-order valence-corrected chi connectivity index (χ1v) is 10.0. The summed E-state index contributed by atoms with van der Waals surface area (Å²) in [6.07, 6.45) is 3.20. The first kappa shape index (κ1) is 25.7. The Morgan fingerprint density at radius 1 is 1.10 bits per heavy atom. The third kappa shape index (κ3) is 8.91. The second-order valence-corrected chi connectivity index (χ2v) is 7.09. The average Bonchev–Trinajstić information content (AvgIpc) is 2.69. The minimum absolute atomic E-state index is 0.218. The van der Waals surface area contributed by atoms with Gasteiger partial charge in [0.15, 0.2) is 6.29 Å². The van der Waals surface area contributed by atoms with Crippen molar-refractivity contribution in [1.29, 1.82) is 0 Å². The summed E-state index contributed by atoms with van der Waals surface area (Å²) in [4.78, 5) is 11.4. The molecule has 0 aliphatic carbocycles. The molecule has 1 rings (SSSR count). The quantitative estimate of drug-likeness (QED) is 0.181. The van der Waals surface area contributed by atoms with E-state index in [2.05, 4.69) is 24.4 Å². The van der Waals surface area contributed by atoms with Crippen LogP contribution in [-0.2, 0) is 14.3 Å². The van der Waals surface area contributed by atoms with Gasteiger partial charge in [-0.25, -0.2) is 0 Å². The Morgan fingerprint density at radius 3 is 2.38 bits per heavy atom. The molecule has 9 heteroatoms. The van der Waals surface area contributed by atoms with Crippen LogP contribution in [0, 0.1) is 0 Å². The fourth-order valence-corrected chi connectivity index (χ4v) is 2.85. The van der Waals surface area contributed by atoms with Crippen molar-refractivity contribution in [2.75, 3.05) is 13.2 Å². The number of carbonyl (C=O) groups excluding carboxylic acids is 1. The molecule has 1 aliphatic rings. The summed E-state index contributed by atoms with van der Waals surface area (Å²) in [7, 11) is 0. The molecule has 0 aromatic carbocycles. The predicted molar refractivity (Wildman–Crippen MR) is 106 cm³/mol. The number of aliphatic hydroxyl groups is 5. The second kappa shape index (κ2) is 13.8. The van der Waals surface area contributed by atoms with E-state index in [-0.39, 0.29) is 12.5 Å². The lowest BCUT2D eigenvalue weighted by Crippen LogP contribution is -2.60. The summed E-state index contributed by atoms with van der Waals surface area (Å²) >= 11 is 0. The molecule has 29 heavy (non-hydrogen) atoms. The van der Waals surface area contributed by atoms with E-state index in [1.165, 1.54) is 6.92 Å². The molecular weight excluding hydrogens is 382 g/mol. The zero-order valence-electron chi connectivity index (χ0n) is 17.1. The summed E-state index contributed by atoms with van der Waals surface area (Å²) in [5, 5.41) is 51.7. The lowest BCUT2D eigenvalue weighted by molar-refractivity contribution is -0.302. The molecule has 0 bridgehead atoms. The number of carbonyl (C=O) groups is 1. The van der Waals surface area contributed by atoms with Crippen LogP contribution in [0.4, 0.5) is 0 Å². The number of hydrogen-bond acceptors (Lipinski definition) is 8. The van der Waals surface area contributed by atoms with Crippen LogP contribution in [0.3, 0.4) is 0 Å². The van der Waals surface area contributed by atoms with E-state index in [4.69, 9.17) is 9.47 Å². The van der Waals surface area contributed by atoms with Gasteiger partial charge in [0.1, 0.15) is 24.4 Å². The molecule has 6 N–H and O–H groups in total.